The van der Waals surface area contributed by atoms with Crippen molar-refractivity contribution >= 4 is 16.1 Å². The summed E-state index contributed by atoms with van der Waals surface area (Å²) in [5.74, 6) is -1.31. The molecule has 1 unspecified atom stereocenters. The molecule has 1 atom stereocenters. The molecule has 0 N–H and O–H groups in total. The molecule has 1 heterocycles. The molecule has 2 rings (SSSR count). The molecule has 1 amide bonds. The molecule has 0 aliphatic carbocycles. The first-order valence-electron chi connectivity index (χ1n) is 6.06. The molecule has 106 valence electrons. The molecule has 5 nitrogen and oxygen atoms in total. The van der Waals surface area contributed by atoms with E-state index in [1.54, 1.807) is 24.3 Å². The molecule has 1 aromatic carbocycles. The topological polar surface area (TPSA) is 78.2 Å². The first-order valence-corrected chi connectivity index (χ1v) is 7.62. The molecule has 0 radical (unpaired) electrons. The number of hydrogen-bond donors (Lipinski definition) is 0. The third-order valence-electron chi connectivity index (χ3n) is 3.16. The van der Waals surface area contributed by atoms with Crippen molar-refractivity contribution in [3.8, 4) is 6.07 Å². The van der Waals surface area contributed by atoms with Crippen molar-refractivity contribution < 1.29 is 17.1 Å². The fourth-order valence-corrected chi connectivity index (χ4v) is 3.15. The predicted octanol–water partition coefficient (Wildman–Crippen LogP) is 1.21. The first kappa shape index (κ1) is 14.5. The van der Waals surface area contributed by atoms with Gasteiger partial charge in [-0.1, -0.05) is 12.1 Å². The molecule has 1 aliphatic rings. The highest BCUT2D eigenvalue weighted by Gasteiger charge is 2.32. The summed E-state index contributed by atoms with van der Waals surface area (Å²) in [6.07, 6.45) is 0.0427. The maximum absolute atomic E-state index is 12.6. The van der Waals surface area contributed by atoms with Crippen molar-refractivity contribution in [2.75, 3.05) is 12.3 Å². The summed E-state index contributed by atoms with van der Waals surface area (Å²) >= 11 is 0. The zero-order chi connectivity index (χ0) is 14.8. The van der Waals surface area contributed by atoms with E-state index in [1.807, 2.05) is 6.07 Å². The number of rotatable bonds is 4. The van der Waals surface area contributed by atoms with Gasteiger partial charge in [-0.3, -0.25) is 4.79 Å². The zero-order valence-corrected chi connectivity index (χ0v) is 11.4. The third kappa shape index (κ3) is 3.78. The number of carbonyl (C=O) groups is 1. The normalized spacial score (nSPS) is 19.1. The molecule has 1 aromatic rings. The van der Waals surface area contributed by atoms with Gasteiger partial charge in [-0.2, -0.15) is 13.7 Å². The van der Waals surface area contributed by atoms with E-state index in [-0.39, 0.29) is 18.9 Å². The van der Waals surface area contributed by atoms with E-state index < -0.39 is 21.9 Å². The minimum Gasteiger partial charge on any atom is -0.338 e. The molecule has 0 spiro atoms. The van der Waals surface area contributed by atoms with E-state index in [2.05, 4.69) is 0 Å². The van der Waals surface area contributed by atoms with Crippen LogP contribution in [0.15, 0.2) is 24.3 Å². The van der Waals surface area contributed by atoms with Crippen LogP contribution in [0.2, 0.25) is 0 Å². The summed E-state index contributed by atoms with van der Waals surface area (Å²) in [7, 11) is -4.56. The van der Waals surface area contributed by atoms with Crippen LogP contribution in [0, 0.1) is 17.2 Å². The van der Waals surface area contributed by atoms with E-state index >= 15 is 0 Å². The molecule has 7 heteroatoms. The number of likely N-dealkylation sites (tertiary alicyclic amines) is 1. The van der Waals surface area contributed by atoms with E-state index in [1.165, 1.54) is 4.90 Å². The van der Waals surface area contributed by atoms with E-state index in [4.69, 9.17) is 5.26 Å². The number of amides is 1. The first-order chi connectivity index (χ1) is 9.37. The van der Waals surface area contributed by atoms with Crippen molar-refractivity contribution in [2.45, 2.75) is 13.0 Å². The van der Waals surface area contributed by atoms with Gasteiger partial charge >= 0.3 is 10.2 Å². The number of hydrogen-bond acceptors (Lipinski definition) is 4. The van der Waals surface area contributed by atoms with Crippen molar-refractivity contribution in [1.29, 1.82) is 5.26 Å². The van der Waals surface area contributed by atoms with Crippen molar-refractivity contribution in [3.05, 3.63) is 35.4 Å². The Bertz CT molecular complexity index is 666. The average Bonchev–Trinajstić information content (AvgIpc) is 2.67. The highest BCUT2D eigenvalue weighted by atomic mass is 32.3. The van der Waals surface area contributed by atoms with Gasteiger partial charge in [-0.25, -0.2) is 0 Å². The number of halogens is 1. The van der Waals surface area contributed by atoms with Gasteiger partial charge in [-0.05, 0) is 17.7 Å². The molecule has 1 aliphatic heterocycles. The molecular formula is C13H13FN2O3S. The van der Waals surface area contributed by atoms with E-state index in [9.17, 15) is 17.1 Å². The lowest BCUT2D eigenvalue weighted by atomic mass is 10.1. The van der Waals surface area contributed by atoms with Crippen LogP contribution < -0.4 is 0 Å². The summed E-state index contributed by atoms with van der Waals surface area (Å²) < 4.78 is 33.8. The van der Waals surface area contributed by atoms with Crippen molar-refractivity contribution in [3.63, 3.8) is 0 Å². The minimum atomic E-state index is -4.56. The Morgan fingerprint density at radius 1 is 1.45 bits per heavy atom. The van der Waals surface area contributed by atoms with Crippen LogP contribution in [0.1, 0.15) is 17.5 Å². The highest BCUT2D eigenvalue weighted by Crippen LogP contribution is 2.22. The van der Waals surface area contributed by atoms with Gasteiger partial charge in [0.25, 0.3) is 0 Å². The maximum atomic E-state index is 12.6. The number of carbonyl (C=O) groups excluding carboxylic acids is 1. The quantitative estimate of drug-likeness (QED) is 0.782. The van der Waals surface area contributed by atoms with Crippen molar-refractivity contribution in [1.82, 2.24) is 4.90 Å². The van der Waals surface area contributed by atoms with Gasteiger partial charge in [0.1, 0.15) is 0 Å². The lowest BCUT2D eigenvalue weighted by molar-refractivity contribution is -0.128. The molecule has 0 saturated carbocycles. The van der Waals surface area contributed by atoms with Crippen molar-refractivity contribution in [2.24, 2.45) is 5.92 Å². The van der Waals surface area contributed by atoms with Crippen LogP contribution in [0.5, 0.6) is 0 Å². The van der Waals surface area contributed by atoms with Gasteiger partial charge in [0.2, 0.25) is 5.91 Å². The molecule has 1 saturated heterocycles. The fraction of sp³-hybridized carbons (Fsp3) is 0.385. The zero-order valence-electron chi connectivity index (χ0n) is 10.6. The van der Waals surface area contributed by atoms with Gasteiger partial charge in [-0.15, -0.1) is 3.89 Å². The summed E-state index contributed by atoms with van der Waals surface area (Å²) in [4.78, 5) is 13.3. The summed E-state index contributed by atoms with van der Waals surface area (Å²) in [5.41, 5.74) is 1.29. The summed E-state index contributed by atoms with van der Waals surface area (Å²) in [6.45, 7) is 0.524. The smallest absolute Gasteiger partial charge is 0.302 e. The Labute approximate surface area is 116 Å². The lowest BCUT2D eigenvalue weighted by Gasteiger charge is -2.16. The van der Waals surface area contributed by atoms with Crippen LogP contribution >= 0.6 is 0 Å². The Balaban J connectivity index is 2.03. The number of nitriles is 1. The summed E-state index contributed by atoms with van der Waals surface area (Å²) in [6, 6.07) is 8.85. The van der Waals surface area contributed by atoms with E-state index in [0.29, 0.717) is 12.1 Å². The second kappa shape index (κ2) is 5.59. The minimum absolute atomic E-state index is 0.0427. The van der Waals surface area contributed by atoms with Gasteiger partial charge in [0.05, 0.1) is 17.4 Å². The molecule has 0 aromatic heterocycles. The third-order valence-corrected chi connectivity index (χ3v) is 4.03. The number of nitrogens with zero attached hydrogens (tertiary/aromatic N) is 2. The van der Waals surface area contributed by atoms with Crippen LogP contribution in [0.3, 0.4) is 0 Å². The van der Waals surface area contributed by atoms with Crippen LogP contribution in [0.25, 0.3) is 0 Å². The Hall–Kier alpha value is -1.94. The monoisotopic (exact) mass is 296 g/mol. The predicted molar refractivity (Wildman–Crippen MR) is 69.6 cm³/mol. The maximum Gasteiger partial charge on any atom is 0.302 e. The molecule has 20 heavy (non-hydrogen) atoms. The van der Waals surface area contributed by atoms with Crippen LogP contribution in [-0.2, 0) is 21.6 Å². The largest absolute Gasteiger partial charge is 0.338 e. The molecule has 1 fully saturated rings. The van der Waals surface area contributed by atoms with Gasteiger partial charge < -0.3 is 4.90 Å². The Morgan fingerprint density at radius 2 is 2.20 bits per heavy atom. The average molecular weight is 296 g/mol. The Morgan fingerprint density at radius 3 is 2.85 bits per heavy atom. The molecular weight excluding hydrogens is 283 g/mol. The lowest BCUT2D eigenvalue weighted by Crippen LogP contribution is -2.25. The van der Waals surface area contributed by atoms with Gasteiger partial charge in [0, 0.05) is 25.4 Å². The highest BCUT2D eigenvalue weighted by molar-refractivity contribution is 7.86. The Kier molecular flexibility index (Phi) is 4.04. The second-order valence-corrected chi connectivity index (χ2v) is 6.27. The van der Waals surface area contributed by atoms with Crippen LogP contribution in [-0.4, -0.2) is 31.5 Å². The SMILES string of the molecule is N#Cc1cccc(CN2CC(CS(=O)(=O)F)CC2=O)c1. The number of benzene rings is 1. The second-order valence-electron chi connectivity index (χ2n) is 4.86. The van der Waals surface area contributed by atoms with Gasteiger partial charge in [0.15, 0.2) is 0 Å². The summed E-state index contributed by atoms with van der Waals surface area (Å²) in [5, 5.41) is 8.81. The standard InChI is InChI=1S/C13H13FN2O3S/c14-20(18,19)9-12-5-13(17)16(8-12)7-11-3-1-2-10(4-11)6-15/h1-4,12H,5,7-9H2. The van der Waals surface area contributed by atoms with Crippen LogP contribution in [0.4, 0.5) is 3.89 Å². The van der Waals surface area contributed by atoms with E-state index in [0.717, 1.165) is 5.56 Å². The molecule has 0 bridgehead atoms. The fourth-order valence-electron chi connectivity index (χ4n) is 2.36.